The minimum atomic E-state index is -5.08. The molecule has 0 aliphatic carbocycles. The van der Waals surface area contributed by atoms with Crippen molar-refractivity contribution in [2.45, 2.75) is 29.6 Å². The van der Waals surface area contributed by atoms with E-state index in [0.717, 1.165) is 52.5 Å². The average molecular weight is 583 g/mol. The number of hydrogen-bond donors (Lipinski definition) is 4. The molecule has 4 aromatic rings. The van der Waals surface area contributed by atoms with Gasteiger partial charge in [-0.15, -0.1) is 0 Å². The van der Waals surface area contributed by atoms with Gasteiger partial charge >= 0.3 is 12.1 Å². The number of rotatable bonds is 6. The van der Waals surface area contributed by atoms with Crippen LogP contribution in [-0.4, -0.2) is 72.7 Å². The van der Waals surface area contributed by atoms with Crippen LogP contribution in [0.1, 0.15) is 12.6 Å². The third-order valence-electron chi connectivity index (χ3n) is 5.52. The number of carboxylic acid groups (broad SMARTS) is 1. The number of pyridine rings is 1. The number of fused-ring (bicyclic) bond motifs is 2. The Morgan fingerprint density at radius 1 is 1.26 bits per heavy atom. The molecule has 4 aromatic heterocycles. The molecule has 5 heterocycles. The second-order valence-electron chi connectivity index (χ2n) is 8.34. The number of alkyl halides is 3. The molecule has 1 aliphatic heterocycles. The zero-order valence-corrected chi connectivity index (χ0v) is 21.8. The summed E-state index contributed by atoms with van der Waals surface area (Å²) in [4.78, 5) is 41.9. The maximum Gasteiger partial charge on any atom is 0.490 e. The van der Waals surface area contributed by atoms with Crippen LogP contribution in [0.3, 0.4) is 0 Å². The van der Waals surface area contributed by atoms with Crippen molar-refractivity contribution in [3.05, 3.63) is 35.4 Å². The van der Waals surface area contributed by atoms with Crippen LogP contribution in [-0.2, 0) is 11.2 Å². The van der Waals surface area contributed by atoms with E-state index in [2.05, 4.69) is 36.8 Å². The summed E-state index contributed by atoms with van der Waals surface area (Å²) in [6.45, 7) is 4.24. The van der Waals surface area contributed by atoms with E-state index in [1.165, 1.54) is 11.8 Å². The molecule has 5 rings (SSSR count). The quantitative estimate of drug-likeness (QED) is 0.149. The number of nitrogens with two attached hydrogens (primary N) is 2. The van der Waals surface area contributed by atoms with Crippen LogP contribution in [0.15, 0.2) is 39.7 Å². The van der Waals surface area contributed by atoms with Crippen molar-refractivity contribution in [3.8, 4) is 0 Å². The molecular weight excluding hydrogens is 561 g/mol. The fourth-order valence-corrected chi connectivity index (χ4v) is 4.79. The molecule has 0 bridgehead atoms. The number of aryl methyl sites for hydroxylation is 1. The summed E-state index contributed by atoms with van der Waals surface area (Å²) in [5.74, 6) is -1.47. The number of anilines is 1. The van der Waals surface area contributed by atoms with E-state index in [-0.39, 0.29) is 5.96 Å². The van der Waals surface area contributed by atoms with Gasteiger partial charge in [-0.2, -0.15) is 13.2 Å². The number of nitrogens with zero attached hydrogens (tertiary/aromatic N) is 7. The number of nitrogens with one attached hydrogen (secondary N) is 1. The van der Waals surface area contributed by atoms with Gasteiger partial charge in [0, 0.05) is 54.7 Å². The Kier molecular flexibility index (Phi) is 8.25. The zero-order valence-electron chi connectivity index (χ0n) is 20.3. The lowest BCUT2D eigenvalue weighted by Gasteiger charge is -2.39. The number of aromatic amines is 1. The fourth-order valence-electron chi connectivity index (χ4n) is 3.68. The number of aliphatic imine (C=N–C) groups is 1. The normalized spacial score (nSPS) is 13.6. The number of hydrogen-bond acceptors (Lipinski definition) is 9. The highest BCUT2D eigenvalue weighted by atomic mass is 35.5. The molecule has 39 heavy (non-hydrogen) atoms. The molecule has 206 valence electrons. The first-order chi connectivity index (χ1) is 18.5. The van der Waals surface area contributed by atoms with Crippen molar-refractivity contribution >= 4 is 63.3 Å². The molecule has 0 aromatic carbocycles. The standard InChI is InChI=1S/C20H21ClN10S.C2HF3O2/c1-2-12-15(21)14-17(28-12)29-20(30-18(14)31-8-10(9-31)6-27-19(22)23)32-11-5-13-16(26-7-11)25-4-3-24-13;3-2(4,5)1(6)7/h3-5,7,10H,2,6,8-9H2,1H3,(H4,22,23,27)(H,28,29,30);(H,6,7). The molecule has 12 nitrogen and oxygen atoms in total. The second kappa shape index (κ2) is 11.4. The van der Waals surface area contributed by atoms with Gasteiger partial charge in [-0.1, -0.05) is 18.5 Å². The lowest BCUT2D eigenvalue weighted by atomic mass is 10.00. The minimum Gasteiger partial charge on any atom is -0.475 e. The smallest absolute Gasteiger partial charge is 0.475 e. The summed E-state index contributed by atoms with van der Waals surface area (Å²) >= 11 is 8.10. The van der Waals surface area contributed by atoms with Crippen molar-refractivity contribution < 1.29 is 23.1 Å². The minimum absolute atomic E-state index is 0.113. The number of halogens is 4. The number of carbonyl (C=O) groups is 1. The number of H-pyrrole nitrogens is 1. The van der Waals surface area contributed by atoms with E-state index in [9.17, 15) is 13.2 Å². The maximum absolute atomic E-state index is 10.6. The Morgan fingerprint density at radius 2 is 1.95 bits per heavy atom. The Morgan fingerprint density at radius 3 is 2.59 bits per heavy atom. The van der Waals surface area contributed by atoms with Crippen LogP contribution in [0.4, 0.5) is 19.0 Å². The highest BCUT2D eigenvalue weighted by Crippen LogP contribution is 2.38. The SMILES string of the molecule is CCc1[nH]c2nc(Sc3cnc4nccnc4c3)nc(N3CC(CN=C(N)N)C3)c2c1Cl.O=C(O)C(F)(F)F. The van der Waals surface area contributed by atoms with E-state index in [4.69, 9.17) is 42.9 Å². The number of aromatic nitrogens is 6. The van der Waals surface area contributed by atoms with E-state index >= 15 is 0 Å². The van der Waals surface area contributed by atoms with Crippen molar-refractivity contribution in [2.24, 2.45) is 22.4 Å². The fraction of sp³-hybridized carbons (Fsp3) is 0.318. The molecular formula is C22H22ClF3N10O2S. The van der Waals surface area contributed by atoms with Gasteiger partial charge in [-0.25, -0.2) is 24.7 Å². The highest BCUT2D eigenvalue weighted by Gasteiger charge is 2.38. The molecule has 0 spiro atoms. The number of aliphatic carboxylic acids is 1. The van der Waals surface area contributed by atoms with Crippen LogP contribution < -0.4 is 16.4 Å². The third-order valence-corrected chi connectivity index (χ3v) is 6.76. The first kappa shape index (κ1) is 28.1. The number of carboxylic acids is 1. The summed E-state index contributed by atoms with van der Waals surface area (Å²) in [6, 6.07) is 1.93. The van der Waals surface area contributed by atoms with Crippen molar-refractivity contribution in [1.82, 2.24) is 29.9 Å². The molecule has 1 fully saturated rings. The molecule has 0 unspecified atom stereocenters. The zero-order chi connectivity index (χ0) is 28.3. The van der Waals surface area contributed by atoms with Crippen LogP contribution in [0.5, 0.6) is 0 Å². The molecule has 17 heteroatoms. The molecule has 0 amide bonds. The summed E-state index contributed by atoms with van der Waals surface area (Å²) in [5, 5.41) is 9.24. The van der Waals surface area contributed by atoms with Crippen molar-refractivity contribution in [1.29, 1.82) is 0 Å². The summed E-state index contributed by atoms with van der Waals surface area (Å²) in [7, 11) is 0. The van der Waals surface area contributed by atoms with Crippen LogP contribution in [0.2, 0.25) is 5.02 Å². The largest absolute Gasteiger partial charge is 0.490 e. The van der Waals surface area contributed by atoms with E-state index < -0.39 is 12.1 Å². The third kappa shape index (κ3) is 6.57. The lowest BCUT2D eigenvalue weighted by molar-refractivity contribution is -0.192. The maximum atomic E-state index is 10.6. The van der Waals surface area contributed by atoms with Gasteiger partial charge in [0.2, 0.25) is 0 Å². The highest BCUT2D eigenvalue weighted by molar-refractivity contribution is 7.99. The first-order valence-electron chi connectivity index (χ1n) is 11.4. The van der Waals surface area contributed by atoms with Gasteiger partial charge in [0.05, 0.1) is 10.4 Å². The van der Waals surface area contributed by atoms with Crippen molar-refractivity contribution in [3.63, 3.8) is 0 Å². The Hall–Kier alpha value is -3.92. The predicted octanol–water partition coefficient (Wildman–Crippen LogP) is 3.01. The molecule has 1 aliphatic rings. The molecule has 0 atom stereocenters. The molecule has 6 N–H and O–H groups in total. The summed E-state index contributed by atoms with van der Waals surface area (Å²) in [6.07, 6.45) is 0.717. The van der Waals surface area contributed by atoms with Gasteiger partial charge in [0.25, 0.3) is 0 Å². The van der Waals surface area contributed by atoms with Gasteiger partial charge in [0.1, 0.15) is 17.0 Å². The lowest BCUT2D eigenvalue weighted by Crippen LogP contribution is -2.49. The summed E-state index contributed by atoms with van der Waals surface area (Å²) < 4.78 is 31.7. The van der Waals surface area contributed by atoms with E-state index in [1.807, 2.05) is 6.07 Å². The van der Waals surface area contributed by atoms with Crippen molar-refractivity contribution in [2.75, 3.05) is 24.5 Å². The predicted molar refractivity (Wildman–Crippen MR) is 140 cm³/mol. The molecule has 0 saturated carbocycles. The number of guanidine groups is 1. The Balaban J connectivity index is 0.000000448. The van der Waals surface area contributed by atoms with Crippen LogP contribution in [0.25, 0.3) is 22.2 Å². The van der Waals surface area contributed by atoms with Crippen LogP contribution >= 0.6 is 23.4 Å². The summed E-state index contributed by atoms with van der Waals surface area (Å²) in [5.41, 5.74) is 13.9. The van der Waals surface area contributed by atoms with Gasteiger partial charge < -0.3 is 26.5 Å². The van der Waals surface area contributed by atoms with E-state index in [0.29, 0.717) is 28.3 Å². The van der Waals surface area contributed by atoms with Crippen LogP contribution in [0, 0.1) is 5.92 Å². The average Bonchev–Trinajstić information content (AvgIpc) is 3.18. The monoisotopic (exact) mass is 582 g/mol. The van der Waals surface area contributed by atoms with Gasteiger partial charge in [-0.05, 0) is 24.2 Å². The second-order valence-corrected chi connectivity index (χ2v) is 9.75. The Labute approximate surface area is 228 Å². The van der Waals surface area contributed by atoms with Gasteiger partial charge in [-0.3, -0.25) is 9.98 Å². The molecule has 1 saturated heterocycles. The van der Waals surface area contributed by atoms with E-state index in [1.54, 1.807) is 18.6 Å². The topological polar surface area (TPSA) is 185 Å². The molecule has 0 radical (unpaired) electrons. The Bertz CT molecular complexity index is 1540. The van der Waals surface area contributed by atoms with Gasteiger partial charge in [0.15, 0.2) is 16.8 Å². The first-order valence-corrected chi connectivity index (χ1v) is 12.6.